The predicted molar refractivity (Wildman–Crippen MR) is 99.6 cm³/mol. The van der Waals surface area contributed by atoms with Gasteiger partial charge in [0.25, 0.3) is 0 Å². The fourth-order valence-electron chi connectivity index (χ4n) is 3.47. The van der Waals surface area contributed by atoms with E-state index in [4.69, 9.17) is 0 Å². The molecule has 0 saturated carbocycles. The normalized spacial score (nSPS) is 12.0. The van der Waals surface area contributed by atoms with Gasteiger partial charge in [-0.3, -0.25) is 0 Å². The van der Waals surface area contributed by atoms with E-state index in [2.05, 4.69) is 63.2 Å². The summed E-state index contributed by atoms with van der Waals surface area (Å²) in [6.07, 6.45) is 11.0. The first-order valence-electron chi connectivity index (χ1n) is 9.13. The van der Waals surface area contributed by atoms with Gasteiger partial charge in [-0.2, -0.15) is 0 Å². The molecule has 0 fully saturated rings. The summed E-state index contributed by atoms with van der Waals surface area (Å²) in [6.45, 7) is 7.10. The monoisotopic (exact) mass is 296 g/mol. The molecule has 2 aromatic carbocycles. The van der Waals surface area contributed by atoms with Gasteiger partial charge in [0.2, 0.25) is 0 Å². The molecule has 120 valence electrons. The second-order valence-corrected chi connectivity index (χ2v) is 7.28. The van der Waals surface area contributed by atoms with Crippen molar-refractivity contribution in [3.63, 3.8) is 0 Å². The number of fused-ring (bicyclic) bond motifs is 1. The third-order valence-electron chi connectivity index (χ3n) is 4.92. The Hall–Kier alpha value is -1.30. The van der Waals surface area contributed by atoms with Crippen molar-refractivity contribution in [1.29, 1.82) is 0 Å². The number of unbranched alkanes of at least 4 members (excludes halogenated alkanes) is 6. The summed E-state index contributed by atoms with van der Waals surface area (Å²) in [7, 11) is 0. The van der Waals surface area contributed by atoms with Crippen molar-refractivity contribution in [3.8, 4) is 0 Å². The maximum atomic E-state index is 2.41. The minimum absolute atomic E-state index is 0.268. The fourth-order valence-corrected chi connectivity index (χ4v) is 3.47. The molecule has 0 atom stereocenters. The Morgan fingerprint density at radius 1 is 0.727 bits per heavy atom. The Bertz CT molecular complexity index is 560. The van der Waals surface area contributed by atoms with Gasteiger partial charge in [0, 0.05) is 0 Å². The van der Waals surface area contributed by atoms with Gasteiger partial charge in [0.15, 0.2) is 0 Å². The number of hydrogen-bond donors (Lipinski definition) is 0. The standard InChI is InChI=1S/C22H32/c1-4-5-6-7-8-9-12-18-22(2,3)21-17-13-15-19-14-10-11-16-20(19)21/h10-11,13-17H,4-9,12,18H2,1-3H3. The van der Waals surface area contributed by atoms with Gasteiger partial charge in [0.05, 0.1) is 0 Å². The first-order chi connectivity index (χ1) is 10.6. The van der Waals surface area contributed by atoms with Crippen molar-refractivity contribution in [2.75, 3.05) is 0 Å². The lowest BCUT2D eigenvalue weighted by atomic mass is 9.78. The van der Waals surface area contributed by atoms with Gasteiger partial charge in [-0.05, 0) is 28.2 Å². The molecule has 0 saturated heterocycles. The van der Waals surface area contributed by atoms with Crippen molar-refractivity contribution in [2.45, 2.75) is 77.6 Å². The van der Waals surface area contributed by atoms with E-state index in [1.807, 2.05) is 0 Å². The molecule has 0 bridgehead atoms. The van der Waals surface area contributed by atoms with Gasteiger partial charge in [-0.15, -0.1) is 0 Å². The zero-order chi connectivity index (χ0) is 15.8. The van der Waals surface area contributed by atoms with Crippen molar-refractivity contribution in [3.05, 3.63) is 48.0 Å². The lowest BCUT2D eigenvalue weighted by Crippen LogP contribution is -2.17. The van der Waals surface area contributed by atoms with Gasteiger partial charge >= 0.3 is 0 Å². The van der Waals surface area contributed by atoms with Crippen LogP contribution in [-0.4, -0.2) is 0 Å². The van der Waals surface area contributed by atoms with Crippen LogP contribution >= 0.6 is 0 Å². The first-order valence-corrected chi connectivity index (χ1v) is 9.13. The highest BCUT2D eigenvalue weighted by atomic mass is 14.3. The quantitative estimate of drug-likeness (QED) is 0.427. The Labute approximate surface area is 136 Å². The number of rotatable bonds is 9. The second kappa shape index (κ2) is 8.36. The summed E-state index contributed by atoms with van der Waals surface area (Å²) in [5.41, 5.74) is 1.78. The highest BCUT2D eigenvalue weighted by Crippen LogP contribution is 2.34. The number of benzene rings is 2. The van der Waals surface area contributed by atoms with E-state index in [-0.39, 0.29) is 5.41 Å². The van der Waals surface area contributed by atoms with Crippen LogP contribution in [0.4, 0.5) is 0 Å². The molecule has 2 rings (SSSR count). The molecule has 0 aliphatic rings. The maximum Gasteiger partial charge on any atom is -0.00974 e. The van der Waals surface area contributed by atoms with Crippen LogP contribution in [0.3, 0.4) is 0 Å². The molecule has 0 heterocycles. The molecule has 0 radical (unpaired) electrons. The third kappa shape index (κ3) is 4.60. The molecule has 0 N–H and O–H groups in total. The Kier molecular flexibility index (Phi) is 6.49. The molecule has 0 nitrogen and oxygen atoms in total. The summed E-state index contributed by atoms with van der Waals surface area (Å²) in [5, 5.41) is 2.80. The first kappa shape index (κ1) is 17.1. The number of hydrogen-bond acceptors (Lipinski definition) is 0. The molecule has 0 unspecified atom stereocenters. The van der Waals surface area contributed by atoms with Crippen molar-refractivity contribution in [2.24, 2.45) is 0 Å². The van der Waals surface area contributed by atoms with Gasteiger partial charge in [-0.25, -0.2) is 0 Å². The summed E-state index contributed by atoms with van der Waals surface area (Å²) >= 11 is 0. The molecule has 2 aromatic rings. The zero-order valence-electron chi connectivity index (χ0n) is 14.7. The van der Waals surface area contributed by atoms with Crippen LogP contribution in [0.5, 0.6) is 0 Å². The molecule has 0 aliphatic carbocycles. The molecule has 0 amide bonds. The van der Waals surface area contributed by atoms with E-state index >= 15 is 0 Å². The Morgan fingerprint density at radius 2 is 1.36 bits per heavy atom. The third-order valence-corrected chi connectivity index (χ3v) is 4.92. The van der Waals surface area contributed by atoms with E-state index in [0.29, 0.717) is 0 Å². The molecule has 0 spiro atoms. The topological polar surface area (TPSA) is 0 Å². The molecule has 22 heavy (non-hydrogen) atoms. The van der Waals surface area contributed by atoms with E-state index in [0.717, 1.165) is 0 Å². The van der Waals surface area contributed by atoms with Crippen LogP contribution < -0.4 is 0 Å². The SMILES string of the molecule is CCCCCCCCCC(C)(C)c1cccc2ccccc12. The van der Waals surface area contributed by atoms with Crippen molar-refractivity contribution >= 4 is 10.8 Å². The Morgan fingerprint density at radius 3 is 2.14 bits per heavy atom. The van der Waals surface area contributed by atoms with Gasteiger partial charge in [0.1, 0.15) is 0 Å². The van der Waals surface area contributed by atoms with Crippen LogP contribution in [0.15, 0.2) is 42.5 Å². The summed E-state index contributed by atoms with van der Waals surface area (Å²) < 4.78 is 0. The van der Waals surface area contributed by atoms with Gasteiger partial charge < -0.3 is 0 Å². The molecular formula is C22H32. The van der Waals surface area contributed by atoms with E-state index in [1.54, 1.807) is 0 Å². The predicted octanol–water partition coefficient (Wildman–Crippen LogP) is 7.26. The molecule has 0 aliphatic heterocycles. The van der Waals surface area contributed by atoms with Crippen LogP contribution in [0.2, 0.25) is 0 Å². The van der Waals surface area contributed by atoms with Crippen molar-refractivity contribution in [1.82, 2.24) is 0 Å². The van der Waals surface area contributed by atoms with Crippen molar-refractivity contribution < 1.29 is 0 Å². The van der Waals surface area contributed by atoms with Crippen LogP contribution in [0.1, 0.15) is 77.7 Å². The Balaban J connectivity index is 1.92. The van der Waals surface area contributed by atoms with E-state index in [9.17, 15) is 0 Å². The van der Waals surface area contributed by atoms with E-state index in [1.165, 1.54) is 67.7 Å². The smallest absolute Gasteiger partial charge is 0.00974 e. The molecular weight excluding hydrogens is 264 g/mol. The highest BCUT2D eigenvalue weighted by Gasteiger charge is 2.21. The van der Waals surface area contributed by atoms with E-state index < -0.39 is 0 Å². The average Bonchev–Trinajstić information content (AvgIpc) is 2.53. The lowest BCUT2D eigenvalue weighted by molar-refractivity contribution is 0.445. The lowest BCUT2D eigenvalue weighted by Gasteiger charge is -2.27. The summed E-state index contributed by atoms with van der Waals surface area (Å²) in [4.78, 5) is 0. The highest BCUT2D eigenvalue weighted by molar-refractivity contribution is 5.86. The molecule has 0 aromatic heterocycles. The minimum Gasteiger partial charge on any atom is -0.0654 e. The largest absolute Gasteiger partial charge is 0.0654 e. The summed E-state index contributed by atoms with van der Waals surface area (Å²) in [6, 6.07) is 15.6. The molecule has 0 heteroatoms. The summed E-state index contributed by atoms with van der Waals surface area (Å²) in [5.74, 6) is 0. The zero-order valence-corrected chi connectivity index (χ0v) is 14.7. The van der Waals surface area contributed by atoms with Crippen LogP contribution in [0, 0.1) is 0 Å². The fraction of sp³-hybridized carbons (Fsp3) is 0.545. The maximum absolute atomic E-state index is 2.41. The van der Waals surface area contributed by atoms with Crippen LogP contribution in [0.25, 0.3) is 10.8 Å². The van der Waals surface area contributed by atoms with Gasteiger partial charge in [-0.1, -0.05) is 108 Å². The minimum atomic E-state index is 0.268. The second-order valence-electron chi connectivity index (χ2n) is 7.28. The van der Waals surface area contributed by atoms with Crippen LogP contribution in [-0.2, 0) is 5.41 Å². The average molecular weight is 296 g/mol.